The van der Waals surface area contributed by atoms with E-state index in [0.29, 0.717) is 22.0 Å². The van der Waals surface area contributed by atoms with Crippen LogP contribution in [0.5, 0.6) is 0 Å². The first kappa shape index (κ1) is 21.1. The van der Waals surface area contributed by atoms with Crippen molar-refractivity contribution in [2.45, 2.75) is 6.92 Å². The lowest BCUT2D eigenvalue weighted by Crippen LogP contribution is -2.19. The normalized spacial score (nSPS) is 13.5. The monoisotopic (exact) mass is 461 g/mol. The van der Waals surface area contributed by atoms with Gasteiger partial charge in [0.1, 0.15) is 6.33 Å². The van der Waals surface area contributed by atoms with E-state index in [1.54, 1.807) is 23.0 Å². The van der Waals surface area contributed by atoms with Crippen LogP contribution in [0.25, 0.3) is 44.2 Å². The summed E-state index contributed by atoms with van der Waals surface area (Å²) in [7, 11) is 0. The number of carbonyl (C=O) groups is 1. The summed E-state index contributed by atoms with van der Waals surface area (Å²) in [4.78, 5) is 33.3. The van der Waals surface area contributed by atoms with Gasteiger partial charge in [0.05, 0.1) is 27.7 Å². The first-order valence-electron chi connectivity index (χ1n) is 11.5. The van der Waals surface area contributed by atoms with E-state index in [1.165, 1.54) is 0 Å². The van der Waals surface area contributed by atoms with Crippen molar-refractivity contribution in [2.24, 2.45) is 5.73 Å². The average molecular weight is 462 g/mol. The largest absolute Gasteiger partial charge is 0.366 e. The Hall–Kier alpha value is -4.49. The molecule has 0 fully saturated rings. The zero-order valence-electron chi connectivity index (χ0n) is 19.1. The molecular formula is C28H23N5O2. The maximum atomic E-state index is 13.3. The number of nitrogens with one attached hydrogen (secondary N) is 2. The molecule has 0 bridgehead atoms. The number of para-hydroxylation sites is 1. The summed E-state index contributed by atoms with van der Waals surface area (Å²) in [5, 5.41) is 4.79. The first-order chi connectivity index (χ1) is 17.0. The fraction of sp³-hybridized carbons (Fsp3) is 0.107. The number of primary amides is 1. The van der Waals surface area contributed by atoms with Crippen LogP contribution in [0.1, 0.15) is 21.6 Å². The van der Waals surface area contributed by atoms with Crippen molar-refractivity contribution in [3.05, 3.63) is 100 Å². The molecule has 2 aromatic heterocycles. The van der Waals surface area contributed by atoms with Gasteiger partial charge in [0.2, 0.25) is 0 Å². The lowest BCUT2D eigenvalue weighted by molar-refractivity contribution is 0.100. The number of hydrogen-bond donors (Lipinski definition) is 3. The fourth-order valence-corrected chi connectivity index (χ4v) is 4.93. The van der Waals surface area contributed by atoms with Crippen LogP contribution in [0.3, 0.4) is 0 Å². The molecule has 5 aromatic rings. The van der Waals surface area contributed by atoms with E-state index in [1.807, 2.05) is 49.4 Å². The molecular weight excluding hydrogens is 438 g/mol. The number of rotatable bonds is 4. The molecule has 7 heteroatoms. The van der Waals surface area contributed by atoms with E-state index in [-0.39, 0.29) is 5.56 Å². The molecule has 0 unspecified atom stereocenters. The van der Waals surface area contributed by atoms with Crippen molar-refractivity contribution >= 4 is 33.3 Å². The third-order valence-corrected chi connectivity index (χ3v) is 6.73. The van der Waals surface area contributed by atoms with E-state index in [2.05, 4.69) is 27.4 Å². The molecule has 6 rings (SSSR count). The number of aromatic amines is 1. The molecule has 0 saturated carbocycles. The number of nitrogens with two attached hydrogens (primary N) is 1. The summed E-state index contributed by atoms with van der Waals surface area (Å²) >= 11 is 0. The van der Waals surface area contributed by atoms with Gasteiger partial charge in [0.15, 0.2) is 0 Å². The van der Waals surface area contributed by atoms with Gasteiger partial charge in [-0.25, -0.2) is 4.98 Å². The Morgan fingerprint density at radius 1 is 1.03 bits per heavy atom. The smallest absolute Gasteiger partial charge is 0.265 e. The van der Waals surface area contributed by atoms with E-state index in [0.717, 1.165) is 52.1 Å². The van der Waals surface area contributed by atoms with Crippen molar-refractivity contribution in [3.8, 4) is 16.8 Å². The van der Waals surface area contributed by atoms with Crippen LogP contribution in [0.4, 0.5) is 0 Å². The molecule has 0 radical (unpaired) electrons. The minimum atomic E-state index is -0.479. The topological polar surface area (TPSA) is 106 Å². The second-order valence-electron chi connectivity index (χ2n) is 8.74. The highest BCUT2D eigenvalue weighted by Gasteiger charge is 2.19. The molecule has 35 heavy (non-hydrogen) atoms. The minimum absolute atomic E-state index is 0.116. The molecule has 3 heterocycles. The second kappa shape index (κ2) is 8.07. The van der Waals surface area contributed by atoms with Crippen molar-refractivity contribution in [1.29, 1.82) is 0 Å². The molecule has 3 aromatic carbocycles. The summed E-state index contributed by atoms with van der Waals surface area (Å²) in [6.07, 6.45) is 3.72. The molecule has 1 aliphatic rings. The van der Waals surface area contributed by atoms with E-state index < -0.39 is 5.91 Å². The zero-order valence-corrected chi connectivity index (χ0v) is 19.1. The lowest BCUT2D eigenvalue weighted by Gasteiger charge is -2.15. The summed E-state index contributed by atoms with van der Waals surface area (Å²) in [5.74, 6) is -0.479. The molecule has 0 spiro atoms. The van der Waals surface area contributed by atoms with E-state index in [9.17, 15) is 9.59 Å². The third kappa shape index (κ3) is 3.36. The Balaban J connectivity index is 1.57. The van der Waals surface area contributed by atoms with Gasteiger partial charge < -0.3 is 16.0 Å². The highest BCUT2D eigenvalue weighted by atomic mass is 16.1. The van der Waals surface area contributed by atoms with Crippen LogP contribution in [0, 0.1) is 6.92 Å². The number of aromatic nitrogens is 3. The number of benzene rings is 3. The molecule has 1 amide bonds. The number of fused-ring (bicyclic) bond motifs is 2. The number of H-pyrrole nitrogens is 1. The fourth-order valence-electron chi connectivity index (χ4n) is 4.93. The third-order valence-electron chi connectivity index (χ3n) is 6.73. The van der Waals surface area contributed by atoms with Crippen LogP contribution in [-0.4, -0.2) is 33.5 Å². The molecule has 0 atom stereocenters. The van der Waals surface area contributed by atoms with E-state index >= 15 is 0 Å². The van der Waals surface area contributed by atoms with Crippen LogP contribution in [0.15, 0.2) is 77.9 Å². The molecule has 172 valence electrons. The Kier molecular flexibility index (Phi) is 4.86. The van der Waals surface area contributed by atoms with Crippen LogP contribution in [-0.2, 0) is 0 Å². The lowest BCUT2D eigenvalue weighted by atomic mass is 9.94. The summed E-state index contributed by atoms with van der Waals surface area (Å²) in [6.45, 7) is 3.58. The molecule has 1 aliphatic heterocycles. The predicted molar refractivity (Wildman–Crippen MR) is 139 cm³/mol. The van der Waals surface area contributed by atoms with Crippen molar-refractivity contribution < 1.29 is 4.79 Å². The highest BCUT2D eigenvalue weighted by molar-refractivity contribution is 6.10. The maximum absolute atomic E-state index is 13.3. The minimum Gasteiger partial charge on any atom is -0.366 e. The van der Waals surface area contributed by atoms with Gasteiger partial charge >= 0.3 is 0 Å². The summed E-state index contributed by atoms with van der Waals surface area (Å²) in [5.41, 5.74) is 13.1. The Morgan fingerprint density at radius 3 is 2.69 bits per heavy atom. The van der Waals surface area contributed by atoms with Gasteiger partial charge in [-0.15, -0.1) is 0 Å². The standard InChI is InChI=1S/C28H23N5O2/c1-16-18(6-4-8-25(16)33-15-31-23-7-3-2-5-20(23)28(33)35)19-9-10-21(27(29)34)26-22(19)13-24(32-26)17-11-12-30-14-17/h2-11,13,15,30,32H,12,14H2,1H3,(H2,29,34). The van der Waals surface area contributed by atoms with Gasteiger partial charge in [0.25, 0.3) is 11.5 Å². The zero-order chi connectivity index (χ0) is 24.1. The second-order valence-corrected chi connectivity index (χ2v) is 8.74. The number of nitrogens with zero attached hydrogens (tertiary/aromatic N) is 2. The molecule has 0 saturated heterocycles. The molecule has 4 N–H and O–H groups in total. The van der Waals surface area contributed by atoms with Gasteiger partial charge in [-0.1, -0.05) is 36.4 Å². The molecule has 0 aliphatic carbocycles. The predicted octanol–water partition coefficient (Wildman–Crippen LogP) is 3.93. The number of carbonyl (C=O) groups excluding carboxylic acids is 1. The quantitative estimate of drug-likeness (QED) is 0.377. The van der Waals surface area contributed by atoms with E-state index in [4.69, 9.17) is 5.73 Å². The summed E-state index contributed by atoms with van der Waals surface area (Å²) < 4.78 is 1.59. The van der Waals surface area contributed by atoms with Gasteiger partial charge in [-0.3, -0.25) is 14.2 Å². The van der Waals surface area contributed by atoms with Crippen LogP contribution in [0.2, 0.25) is 0 Å². The number of amides is 1. The van der Waals surface area contributed by atoms with Crippen molar-refractivity contribution in [3.63, 3.8) is 0 Å². The first-order valence-corrected chi connectivity index (χ1v) is 11.5. The Labute approximate surface area is 200 Å². The molecule has 7 nitrogen and oxygen atoms in total. The van der Waals surface area contributed by atoms with Gasteiger partial charge in [-0.2, -0.15) is 0 Å². The number of hydrogen-bond acceptors (Lipinski definition) is 4. The Morgan fingerprint density at radius 2 is 1.89 bits per heavy atom. The summed E-state index contributed by atoms with van der Waals surface area (Å²) in [6, 6.07) is 19.0. The van der Waals surface area contributed by atoms with Gasteiger partial charge in [-0.05, 0) is 59.5 Å². The van der Waals surface area contributed by atoms with Crippen molar-refractivity contribution in [2.75, 3.05) is 13.1 Å². The maximum Gasteiger partial charge on any atom is 0.265 e. The van der Waals surface area contributed by atoms with Crippen LogP contribution >= 0.6 is 0 Å². The SMILES string of the molecule is Cc1c(-c2ccc(C(N)=O)c3[nH]c(C4=CCNC4)cc23)cccc1-n1cnc2ccccc2c1=O. The highest BCUT2D eigenvalue weighted by Crippen LogP contribution is 2.36. The Bertz CT molecular complexity index is 1740. The average Bonchev–Trinajstić information content (AvgIpc) is 3.55. The van der Waals surface area contributed by atoms with Crippen LogP contribution < -0.4 is 16.6 Å². The van der Waals surface area contributed by atoms with Gasteiger partial charge in [0, 0.05) is 24.2 Å². The van der Waals surface area contributed by atoms with Crippen molar-refractivity contribution in [1.82, 2.24) is 19.9 Å².